The third kappa shape index (κ3) is 6.84. The maximum atomic E-state index is 13.1. The topological polar surface area (TPSA) is 144 Å². The number of benzene rings is 3. The number of halogens is 1. The molecule has 0 saturated heterocycles. The van der Waals surface area contributed by atoms with Gasteiger partial charge in [0.1, 0.15) is 0 Å². The van der Waals surface area contributed by atoms with E-state index in [9.17, 15) is 19.2 Å². The largest absolute Gasteiger partial charge is 0.493 e. The lowest BCUT2D eigenvalue weighted by Crippen LogP contribution is -2.21. The summed E-state index contributed by atoms with van der Waals surface area (Å²) >= 11 is 3.45. The lowest BCUT2D eigenvalue weighted by Gasteiger charge is -2.14. The van der Waals surface area contributed by atoms with Crippen LogP contribution >= 0.6 is 15.9 Å². The van der Waals surface area contributed by atoms with E-state index >= 15 is 0 Å². The normalized spacial score (nSPS) is 13.5. The van der Waals surface area contributed by atoms with Crippen LogP contribution in [-0.4, -0.2) is 54.9 Å². The van der Waals surface area contributed by atoms with Crippen molar-refractivity contribution in [2.24, 2.45) is 5.10 Å². The van der Waals surface area contributed by atoms with Gasteiger partial charge in [-0.15, -0.1) is 0 Å². The van der Waals surface area contributed by atoms with Crippen molar-refractivity contribution in [2.45, 2.75) is 13.8 Å². The summed E-state index contributed by atoms with van der Waals surface area (Å²) in [6.45, 7) is 3.36. The summed E-state index contributed by atoms with van der Waals surface area (Å²) in [6, 6.07) is 15.5. The van der Waals surface area contributed by atoms with E-state index in [0.717, 1.165) is 0 Å². The number of carbonyl (C=O) groups excluding carboxylic acids is 3. The second-order valence-electron chi connectivity index (χ2n) is 8.88. The number of hydrazone groups is 1. The molecule has 2 N–H and O–H groups in total. The predicted molar refractivity (Wildman–Crippen MR) is 159 cm³/mol. The van der Waals surface area contributed by atoms with Crippen LogP contribution in [0.1, 0.15) is 40.1 Å². The van der Waals surface area contributed by atoms with Crippen LogP contribution in [0.2, 0.25) is 0 Å². The number of ether oxygens (including phenoxy) is 3. The summed E-state index contributed by atoms with van der Waals surface area (Å²) in [5.41, 5.74) is 2.82. The van der Waals surface area contributed by atoms with Crippen LogP contribution in [0.15, 0.2) is 75.8 Å². The highest BCUT2D eigenvalue weighted by atomic mass is 79.9. The van der Waals surface area contributed by atoms with Crippen molar-refractivity contribution in [1.29, 1.82) is 0 Å². The van der Waals surface area contributed by atoms with E-state index in [0.29, 0.717) is 44.0 Å². The molecule has 0 fully saturated rings. The van der Waals surface area contributed by atoms with Crippen LogP contribution in [0.5, 0.6) is 11.5 Å². The second kappa shape index (κ2) is 13.1. The number of carboxylic acids is 1. The second-order valence-corrected chi connectivity index (χ2v) is 9.74. The molecule has 4 rings (SSSR count). The monoisotopic (exact) mass is 635 g/mol. The fraction of sp³-hybridized carbons (Fsp3) is 0.167. The highest BCUT2D eigenvalue weighted by Gasteiger charge is 2.29. The molecule has 0 unspecified atom stereocenters. The van der Waals surface area contributed by atoms with Gasteiger partial charge in [-0.1, -0.05) is 0 Å². The molecule has 0 aromatic heterocycles. The number of esters is 1. The van der Waals surface area contributed by atoms with Gasteiger partial charge >= 0.3 is 11.9 Å². The van der Waals surface area contributed by atoms with Crippen LogP contribution in [0, 0.1) is 0 Å². The smallest absolute Gasteiger partial charge is 0.338 e. The summed E-state index contributed by atoms with van der Waals surface area (Å²) in [4.78, 5) is 48.6. The Bertz CT molecular complexity index is 1600. The summed E-state index contributed by atoms with van der Waals surface area (Å²) < 4.78 is 16.7. The van der Waals surface area contributed by atoms with Gasteiger partial charge in [-0.05, 0) is 102 Å². The summed E-state index contributed by atoms with van der Waals surface area (Å²) in [6.07, 6.45) is 1.65. The molecule has 1 aliphatic rings. The minimum atomic E-state index is -1.07. The van der Waals surface area contributed by atoms with Crippen LogP contribution < -0.4 is 19.8 Å². The van der Waals surface area contributed by atoms with E-state index in [2.05, 4.69) is 26.3 Å². The number of methoxy groups -OCH3 is 1. The lowest BCUT2D eigenvalue weighted by atomic mass is 10.1. The fourth-order valence-electron chi connectivity index (χ4n) is 3.97. The van der Waals surface area contributed by atoms with E-state index in [-0.39, 0.29) is 30.4 Å². The number of rotatable bonds is 10. The lowest BCUT2D eigenvalue weighted by molar-refractivity contribution is -0.118. The Balaban J connectivity index is 1.44. The number of anilines is 2. The minimum absolute atomic E-state index is 0.100. The van der Waals surface area contributed by atoms with Crippen molar-refractivity contribution in [1.82, 2.24) is 0 Å². The molecule has 0 atom stereocenters. The first kappa shape index (κ1) is 30.0. The molecule has 3 aromatic carbocycles. The third-order valence-electron chi connectivity index (χ3n) is 6.01. The highest BCUT2D eigenvalue weighted by Crippen LogP contribution is 2.38. The van der Waals surface area contributed by atoms with E-state index in [1.165, 1.54) is 36.4 Å². The van der Waals surface area contributed by atoms with Gasteiger partial charge in [-0.25, -0.2) is 9.59 Å². The van der Waals surface area contributed by atoms with Crippen molar-refractivity contribution < 1.29 is 38.5 Å². The van der Waals surface area contributed by atoms with Gasteiger partial charge in [-0.2, -0.15) is 10.1 Å². The first-order valence-corrected chi connectivity index (χ1v) is 13.4. The van der Waals surface area contributed by atoms with Gasteiger partial charge in [0.25, 0.3) is 11.8 Å². The van der Waals surface area contributed by atoms with Gasteiger partial charge in [0.15, 0.2) is 18.1 Å². The van der Waals surface area contributed by atoms with E-state index in [1.54, 1.807) is 56.3 Å². The van der Waals surface area contributed by atoms with E-state index in [1.807, 2.05) is 0 Å². The maximum Gasteiger partial charge on any atom is 0.338 e. The molecule has 1 heterocycles. The zero-order valence-electron chi connectivity index (χ0n) is 22.8. The first-order valence-electron chi connectivity index (χ1n) is 12.6. The van der Waals surface area contributed by atoms with Crippen molar-refractivity contribution in [3.05, 3.63) is 87.4 Å². The zero-order chi connectivity index (χ0) is 30.4. The van der Waals surface area contributed by atoms with Crippen molar-refractivity contribution in [3.63, 3.8) is 0 Å². The van der Waals surface area contributed by atoms with Gasteiger partial charge in [0.2, 0.25) is 0 Å². The molecule has 42 heavy (non-hydrogen) atoms. The number of amides is 2. The Labute approximate surface area is 249 Å². The number of hydrogen-bond donors (Lipinski definition) is 2. The van der Waals surface area contributed by atoms with Gasteiger partial charge in [0, 0.05) is 5.69 Å². The molecule has 12 heteroatoms. The molecule has 0 bridgehead atoms. The minimum Gasteiger partial charge on any atom is -0.493 e. The van der Waals surface area contributed by atoms with E-state index < -0.39 is 17.8 Å². The van der Waals surface area contributed by atoms with Crippen molar-refractivity contribution in [2.75, 3.05) is 30.6 Å². The molecule has 3 aromatic rings. The Morgan fingerprint density at radius 2 is 1.71 bits per heavy atom. The SMILES string of the molecule is CCOC(=O)c1ccc(NC(=O)COc2c(Br)cc(/C=C3/C(=O)N(c4ccc(C(=O)O)cc4)N=C3C)cc2OC)cc1. The van der Waals surface area contributed by atoms with Gasteiger partial charge in [-0.3, -0.25) is 9.59 Å². The average molecular weight is 636 g/mol. The Morgan fingerprint density at radius 1 is 1.05 bits per heavy atom. The van der Waals surface area contributed by atoms with E-state index in [4.69, 9.17) is 19.3 Å². The Kier molecular flexibility index (Phi) is 9.38. The molecule has 216 valence electrons. The number of nitrogens with one attached hydrogen (secondary N) is 1. The van der Waals surface area contributed by atoms with Gasteiger partial charge < -0.3 is 24.6 Å². The standard InChI is InChI=1S/C30H26BrN3O8/c1-4-41-30(39)20-5-9-21(10-6-20)32-26(35)16-42-27-24(31)14-18(15-25(27)40-3)13-23-17(2)33-34(28(23)36)22-11-7-19(8-12-22)29(37)38/h5-15H,4,16H2,1-3H3,(H,32,35)(H,37,38)/b23-13+. The number of carboxylic acid groups (broad SMARTS) is 1. The van der Waals surface area contributed by atoms with Crippen LogP contribution in [0.4, 0.5) is 11.4 Å². The molecular formula is C30H26BrN3O8. The van der Waals surface area contributed by atoms with Crippen LogP contribution in [0.3, 0.4) is 0 Å². The van der Waals surface area contributed by atoms with Crippen molar-refractivity contribution in [3.8, 4) is 11.5 Å². The number of aromatic carboxylic acids is 1. The molecule has 1 aliphatic heterocycles. The first-order chi connectivity index (χ1) is 20.1. The highest BCUT2D eigenvalue weighted by molar-refractivity contribution is 9.10. The Morgan fingerprint density at radius 3 is 2.33 bits per heavy atom. The van der Waals surface area contributed by atoms with Gasteiger partial charge in [0.05, 0.1) is 46.3 Å². The molecule has 0 radical (unpaired) electrons. The number of hydrogen-bond acceptors (Lipinski definition) is 8. The molecule has 11 nitrogen and oxygen atoms in total. The number of carbonyl (C=O) groups is 4. The average Bonchev–Trinajstić information content (AvgIpc) is 3.25. The predicted octanol–water partition coefficient (Wildman–Crippen LogP) is 5.16. The Hall–Kier alpha value is -4.97. The molecule has 2 amide bonds. The summed E-state index contributed by atoms with van der Waals surface area (Å²) in [5.74, 6) is -1.71. The third-order valence-corrected chi connectivity index (χ3v) is 6.60. The van der Waals surface area contributed by atoms with Crippen molar-refractivity contribution >= 4 is 62.8 Å². The molecular weight excluding hydrogens is 610 g/mol. The zero-order valence-corrected chi connectivity index (χ0v) is 24.4. The van der Waals surface area contributed by atoms with Crippen LogP contribution in [-0.2, 0) is 14.3 Å². The maximum absolute atomic E-state index is 13.1. The molecule has 0 aliphatic carbocycles. The van der Waals surface area contributed by atoms with Crippen LogP contribution in [0.25, 0.3) is 6.08 Å². The fourth-order valence-corrected chi connectivity index (χ4v) is 4.55. The summed E-state index contributed by atoms with van der Waals surface area (Å²) in [7, 11) is 1.45. The number of nitrogens with zero attached hydrogens (tertiary/aromatic N) is 2. The molecule has 0 saturated carbocycles. The summed E-state index contributed by atoms with van der Waals surface area (Å²) in [5, 5.41) is 17.3. The molecule has 0 spiro atoms. The quantitative estimate of drug-likeness (QED) is 0.230.